The van der Waals surface area contributed by atoms with Crippen LogP contribution in [0.25, 0.3) is 0 Å². The van der Waals surface area contributed by atoms with Gasteiger partial charge >= 0.3 is 5.97 Å². The van der Waals surface area contributed by atoms with E-state index in [9.17, 15) is 4.79 Å². The Morgan fingerprint density at radius 2 is 2.44 bits per heavy atom. The van der Waals surface area contributed by atoms with Gasteiger partial charge in [0, 0.05) is 0 Å². The molecule has 86 valence electrons. The molecule has 2 rings (SSSR count). The third kappa shape index (κ3) is 2.14. The van der Waals surface area contributed by atoms with Gasteiger partial charge in [-0.1, -0.05) is 6.07 Å². The van der Waals surface area contributed by atoms with Crippen LogP contribution in [0.5, 0.6) is 11.5 Å². The highest BCUT2D eigenvalue weighted by molar-refractivity contribution is 9.10. The SMILES string of the molecule is CCOC(=O)C1COc2c(Br)cccc2O1. The van der Waals surface area contributed by atoms with Crippen molar-refractivity contribution in [1.29, 1.82) is 0 Å². The summed E-state index contributed by atoms with van der Waals surface area (Å²) in [5.74, 6) is 0.787. The van der Waals surface area contributed by atoms with E-state index in [1.54, 1.807) is 13.0 Å². The Kier molecular flexibility index (Phi) is 3.33. The zero-order valence-corrected chi connectivity index (χ0v) is 10.3. The van der Waals surface area contributed by atoms with Gasteiger partial charge in [0.1, 0.15) is 6.61 Å². The van der Waals surface area contributed by atoms with Crippen molar-refractivity contribution in [3.8, 4) is 11.5 Å². The molecule has 1 heterocycles. The molecule has 1 aliphatic heterocycles. The molecule has 0 aliphatic carbocycles. The third-order valence-corrected chi connectivity index (χ3v) is 2.75. The van der Waals surface area contributed by atoms with E-state index in [-0.39, 0.29) is 6.61 Å². The average Bonchev–Trinajstić information content (AvgIpc) is 2.29. The molecule has 5 heteroatoms. The number of carbonyl (C=O) groups excluding carboxylic acids is 1. The minimum absolute atomic E-state index is 0.175. The zero-order valence-electron chi connectivity index (χ0n) is 8.73. The van der Waals surface area contributed by atoms with Gasteiger partial charge in [-0.15, -0.1) is 0 Å². The number of benzene rings is 1. The maximum Gasteiger partial charge on any atom is 0.350 e. The van der Waals surface area contributed by atoms with E-state index in [4.69, 9.17) is 14.2 Å². The summed E-state index contributed by atoms with van der Waals surface area (Å²) in [6, 6.07) is 5.43. The van der Waals surface area contributed by atoms with Crippen molar-refractivity contribution in [3.63, 3.8) is 0 Å². The van der Waals surface area contributed by atoms with Gasteiger partial charge in [0.2, 0.25) is 6.10 Å². The van der Waals surface area contributed by atoms with Gasteiger partial charge in [0.15, 0.2) is 11.5 Å². The third-order valence-electron chi connectivity index (χ3n) is 2.13. The lowest BCUT2D eigenvalue weighted by molar-refractivity contribution is -0.153. The van der Waals surface area contributed by atoms with Gasteiger partial charge in [-0.25, -0.2) is 4.79 Å². The maximum absolute atomic E-state index is 11.5. The molecule has 1 aromatic carbocycles. The van der Waals surface area contributed by atoms with Crippen molar-refractivity contribution in [2.24, 2.45) is 0 Å². The van der Waals surface area contributed by atoms with E-state index in [2.05, 4.69) is 15.9 Å². The zero-order chi connectivity index (χ0) is 11.5. The first-order valence-electron chi connectivity index (χ1n) is 4.97. The molecule has 0 N–H and O–H groups in total. The molecular formula is C11H11BrO4. The minimum atomic E-state index is -0.679. The Morgan fingerprint density at radius 3 is 3.19 bits per heavy atom. The van der Waals surface area contributed by atoms with Crippen LogP contribution in [0.3, 0.4) is 0 Å². The number of ether oxygens (including phenoxy) is 3. The van der Waals surface area contributed by atoms with Crippen LogP contribution in [-0.4, -0.2) is 25.3 Å². The van der Waals surface area contributed by atoms with Crippen LogP contribution in [-0.2, 0) is 9.53 Å². The van der Waals surface area contributed by atoms with Gasteiger partial charge in [-0.3, -0.25) is 0 Å². The number of para-hydroxylation sites is 1. The smallest absolute Gasteiger partial charge is 0.350 e. The van der Waals surface area contributed by atoms with Gasteiger partial charge in [0.05, 0.1) is 11.1 Å². The topological polar surface area (TPSA) is 44.8 Å². The lowest BCUT2D eigenvalue weighted by Crippen LogP contribution is -2.37. The molecule has 4 nitrogen and oxygen atoms in total. The summed E-state index contributed by atoms with van der Waals surface area (Å²) >= 11 is 3.35. The number of rotatable bonds is 2. The van der Waals surface area contributed by atoms with E-state index in [0.29, 0.717) is 18.1 Å². The van der Waals surface area contributed by atoms with Crippen molar-refractivity contribution in [3.05, 3.63) is 22.7 Å². The summed E-state index contributed by atoms with van der Waals surface area (Å²) < 4.78 is 16.6. The monoisotopic (exact) mass is 286 g/mol. The van der Waals surface area contributed by atoms with Crippen LogP contribution < -0.4 is 9.47 Å². The van der Waals surface area contributed by atoms with Crippen LogP contribution in [0.1, 0.15) is 6.92 Å². The predicted molar refractivity (Wildman–Crippen MR) is 60.7 cm³/mol. The van der Waals surface area contributed by atoms with E-state index >= 15 is 0 Å². The molecule has 1 atom stereocenters. The Morgan fingerprint density at radius 1 is 1.62 bits per heavy atom. The number of carbonyl (C=O) groups is 1. The van der Waals surface area contributed by atoms with Gasteiger partial charge < -0.3 is 14.2 Å². The summed E-state index contributed by atoms with van der Waals surface area (Å²) in [6.07, 6.45) is -0.679. The second-order valence-corrected chi connectivity index (χ2v) is 4.09. The predicted octanol–water partition coefficient (Wildman–Crippen LogP) is 2.15. The number of esters is 1. The fourth-order valence-electron chi connectivity index (χ4n) is 1.42. The Balaban J connectivity index is 2.15. The van der Waals surface area contributed by atoms with Crippen molar-refractivity contribution in [2.45, 2.75) is 13.0 Å². The van der Waals surface area contributed by atoms with E-state index in [0.717, 1.165) is 4.47 Å². The van der Waals surface area contributed by atoms with Gasteiger partial charge in [0.25, 0.3) is 0 Å². The standard InChI is InChI=1S/C11H11BrO4/c1-2-14-11(13)9-6-15-10-7(12)4-3-5-8(10)16-9/h3-5,9H,2,6H2,1H3. The number of fused-ring (bicyclic) bond motifs is 1. The number of hydrogen-bond acceptors (Lipinski definition) is 4. The van der Waals surface area contributed by atoms with Crippen molar-refractivity contribution in [2.75, 3.05) is 13.2 Å². The van der Waals surface area contributed by atoms with Crippen LogP contribution in [0, 0.1) is 0 Å². The molecule has 1 aliphatic rings. The molecule has 0 saturated heterocycles. The fraction of sp³-hybridized carbons (Fsp3) is 0.364. The van der Waals surface area contributed by atoms with Crippen LogP contribution >= 0.6 is 15.9 Å². The molecule has 0 radical (unpaired) electrons. The molecule has 0 amide bonds. The number of hydrogen-bond donors (Lipinski definition) is 0. The fourth-order valence-corrected chi connectivity index (χ4v) is 1.88. The maximum atomic E-state index is 11.5. The second kappa shape index (κ2) is 4.74. The summed E-state index contributed by atoms with van der Waals surface area (Å²) in [7, 11) is 0. The summed E-state index contributed by atoms with van der Waals surface area (Å²) in [5, 5.41) is 0. The first-order valence-corrected chi connectivity index (χ1v) is 5.76. The summed E-state index contributed by atoms with van der Waals surface area (Å²) in [6.45, 7) is 2.27. The molecule has 0 fully saturated rings. The largest absolute Gasteiger partial charge is 0.484 e. The average molecular weight is 287 g/mol. The highest BCUT2D eigenvalue weighted by Crippen LogP contribution is 2.38. The quantitative estimate of drug-likeness (QED) is 0.782. The first-order chi connectivity index (χ1) is 7.72. The summed E-state index contributed by atoms with van der Waals surface area (Å²) in [4.78, 5) is 11.5. The van der Waals surface area contributed by atoms with E-state index < -0.39 is 12.1 Å². The minimum Gasteiger partial charge on any atom is -0.484 e. The number of halogens is 1. The first kappa shape index (κ1) is 11.3. The molecule has 0 saturated carbocycles. The van der Waals surface area contributed by atoms with Crippen molar-refractivity contribution in [1.82, 2.24) is 0 Å². The lowest BCUT2D eigenvalue weighted by Gasteiger charge is -2.25. The molecule has 0 bridgehead atoms. The van der Waals surface area contributed by atoms with Crippen molar-refractivity contribution >= 4 is 21.9 Å². The molecule has 1 unspecified atom stereocenters. The molecule has 1 aromatic rings. The summed E-state index contributed by atoms with van der Waals surface area (Å²) in [5.41, 5.74) is 0. The lowest BCUT2D eigenvalue weighted by atomic mass is 10.2. The molecule has 16 heavy (non-hydrogen) atoms. The molecule has 0 aromatic heterocycles. The highest BCUT2D eigenvalue weighted by Gasteiger charge is 2.29. The Labute approximate surface area is 102 Å². The van der Waals surface area contributed by atoms with Gasteiger partial charge in [-0.2, -0.15) is 0 Å². The Bertz CT molecular complexity index is 405. The van der Waals surface area contributed by atoms with Crippen LogP contribution in [0.2, 0.25) is 0 Å². The van der Waals surface area contributed by atoms with E-state index in [1.807, 2.05) is 12.1 Å². The van der Waals surface area contributed by atoms with Gasteiger partial charge in [-0.05, 0) is 35.0 Å². The van der Waals surface area contributed by atoms with Crippen molar-refractivity contribution < 1.29 is 19.0 Å². The van der Waals surface area contributed by atoms with E-state index in [1.165, 1.54) is 0 Å². The molecule has 0 spiro atoms. The van der Waals surface area contributed by atoms with Crippen LogP contribution in [0.4, 0.5) is 0 Å². The highest BCUT2D eigenvalue weighted by atomic mass is 79.9. The Hall–Kier alpha value is -1.23. The molecular weight excluding hydrogens is 276 g/mol. The second-order valence-electron chi connectivity index (χ2n) is 3.24. The normalized spacial score (nSPS) is 18.0. The van der Waals surface area contributed by atoms with Crippen LogP contribution in [0.15, 0.2) is 22.7 Å².